The highest BCUT2D eigenvalue weighted by atomic mass is 32.2. The van der Waals surface area contributed by atoms with E-state index in [1.54, 1.807) is 0 Å². The Labute approximate surface area is 114 Å². The maximum atomic E-state index is 12.1. The van der Waals surface area contributed by atoms with Crippen molar-refractivity contribution in [2.45, 2.75) is 24.3 Å². The second kappa shape index (κ2) is 6.66. The number of nitrogens with one attached hydrogen (secondary N) is 1. The zero-order valence-corrected chi connectivity index (χ0v) is 12.2. The van der Waals surface area contributed by atoms with Gasteiger partial charge < -0.3 is 4.90 Å². The zero-order valence-electron chi connectivity index (χ0n) is 11.4. The molecular formula is C13H19N3O2S. The largest absolute Gasteiger partial charge is 0.309 e. The van der Waals surface area contributed by atoms with E-state index in [-0.39, 0.29) is 10.9 Å². The molecule has 0 aliphatic heterocycles. The molecule has 1 aromatic carbocycles. The maximum absolute atomic E-state index is 12.1. The fraction of sp³-hybridized carbons (Fsp3) is 0.462. The van der Waals surface area contributed by atoms with Gasteiger partial charge in [0, 0.05) is 6.04 Å². The van der Waals surface area contributed by atoms with Crippen molar-refractivity contribution < 1.29 is 8.42 Å². The van der Waals surface area contributed by atoms with Crippen molar-refractivity contribution in [1.29, 1.82) is 5.26 Å². The van der Waals surface area contributed by atoms with Crippen LogP contribution in [0.1, 0.15) is 18.9 Å². The van der Waals surface area contributed by atoms with Gasteiger partial charge in [-0.3, -0.25) is 0 Å². The van der Waals surface area contributed by atoms with Crippen molar-refractivity contribution in [3.8, 4) is 6.07 Å². The van der Waals surface area contributed by atoms with E-state index in [4.69, 9.17) is 5.26 Å². The Morgan fingerprint density at radius 1 is 1.32 bits per heavy atom. The van der Waals surface area contributed by atoms with Gasteiger partial charge in [-0.15, -0.1) is 0 Å². The molecular weight excluding hydrogens is 262 g/mol. The summed E-state index contributed by atoms with van der Waals surface area (Å²) in [5, 5.41) is 8.68. The van der Waals surface area contributed by atoms with E-state index in [0.717, 1.165) is 13.0 Å². The number of hydrogen-bond acceptors (Lipinski definition) is 4. The predicted molar refractivity (Wildman–Crippen MR) is 74.1 cm³/mol. The predicted octanol–water partition coefficient (Wildman–Crippen LogP) is 1.18. The average molecular weight is 281 g/mol. The number of nitrogens with zero attached hydrogens (tertiary/aromatic N) is 2. The van der Waals surface area contributed by atoms with Gasteiger partial charge in [-0.25, -0.2) is 13.1 Å². The lowest BCUT2D eigenvalue weighted by atomic mass is 10.2. The van der Waals surface area contributed by atoms with Gasteiger partial charge in [-0.05, 0) is 58.3 Å². The molecule has 1 unspecified atom stereocenters. The molecule has 0 amide bonds. The summed E-state index contributed by atoms with van der Waals surface area (Å²) in [6.45, 7) is 2.65. The Morgan fingerprint density at radius 2 is 1.89 bits per heavy atom. The minimum absolute atomic E-state index is 0.136. The molecule has 0 radical (unpaired) electrons. The Kier molecular flexibility index (Phi) is 5.48. The van der Waals surface area contributed by atoms with Crippen LogP contribution >= 0.6 is 0 Å². The highest BCUT2D eigenvalue weighted by Gasteiger charge is 2.17. The van der Waals surface area contributed by atoms with E-state index >= 15 is 0 Å². The summed E-state index contributed by atoms with van der Waals surface area (Å²) in [5.74, 6) is 0. The number of benzene rings is 1. The normalized spacial score (nSPS) is 13.2. The van der Waals surface area contributed by atoms with Crippen LogP contribution < -0.4 is 4.72 Å². The molecule has 1 aromatic rings. The molecule has 104 valence electrons. The molecule has 0 heterocycles. The van der Waals surface area contributed by atoms with Gasteiger partial charge >= 0.3 is 0 Å². The second-order valence-electron chi connectivity index (χ2n) is 4.75. The Morgan fingerprint density at radius 3 is 2.37 bits per heavy atom. The zero-order chi connectivity index (χ0) is 14.5. The molecule has 1 N–H and O–H groups in total. The summed E-state index contributed by atoms with van der Waals surface area (Å²) in [5.41, 5.74) is 0.444. The lowest BCUT2D eigenvalue weighted by molar-refractivity contribution is 0.379. The molecule has 19 heavy (non-hydrogen) atoms. The van der Waals surface area contributed by atoms with Crippen LogP contribution in [0.25, 0.3) is 0 Å². The van der Waals surface area contributed by atoms with Crippen LogP contribution in [0.4, 0.5) is 0 Å². The highest BCUT2D eigenvalue weighted by Crippen LogP contribution is 2.11. The Balaban J connectivity index is 2.72. The molecule has 0 saturated carbocycles. The molecule has 0 bridgehead atoms. The third-order valence-corrected chi connectivity index (χ3v) is 4.26. The van der Waals surface area contributed by atoms with Gasteiger partial charge in [0.05, 0.1) is 16.5 Å². The van der Waals surface area contributed by atoms with Crippen molar-refractivity contribution in [3.05, 3.63) is 29.8 Å². The second-order valence-corrected chi connectivity index (χ2v) is 6.46. The molecule has 0 aromatic heterocycles. The smallest absolute Gasteiger partial charge is 0.240 e. The highest BCUT2D eigenvalue weighted by molar-refractivity contribution is 7.89. The minimum atomic E-state index is -3.51. The van der Waals surface area contributed by atoms with E-state index in [9.17, 15) is 8.42 Å². The van der Waals surface area contributed by atoms with Crippen LogP contribution in [0.15, 0.2) is 29.2 Å². The van der Waals surface area contributed by atoms with Crippen molar-refractivity contribution >= 4 is 10.0 Å². The topological polar surface area (TPSA) is 73.2 Å². The standard InChI is InChI=1S/C13H19N3O2S/c1-11(8-9-16(2)3)15-19(17,18)13-6-4-12(10-14)5-7-13/h4-7,11,15H,8-9H2,1-3H3. The number of hydrogen-bond donors (Lipinski definition) is 1. The van der Waals surface area contributed by atoms with Gasteiger partial charge in [-0.1, -0.05) is 0 Å². The summed E-state index contributed by atoms with van der Waals surface area (Å²) in [6.07, 6.45) is 0.739. The SMILES string of the molecule is CC(CCN(C)C)NS(=O)(=O)c1ccc(C#N)cc1. The van der Waals surface area contributed by atoms with Crippen LogP contribution in [0.2, 0.25) is 0 Å². The van der Waals surface area contributed by atoms with Gasteiger partial charge in [0.15, 0.2) is 0 Å². The third-order valence-electron chi connectivity index (χ3n) is 2.66. The Bertz CT molecular complexity index is 544. The van der Waals surface area contributed by atoms with Gasteiger partial charge in [0.1, 0.15) is 0 Å². The van der Waals surface area contributed by atoms with Crippen LogP contribution in [0.5, 0.6) is 0 Å². The van der Waals surface area contributed by atoms with Crippen LogP contribution in [-0.4, -0.2) is 40.0 Å². The first kappa shape index (κ1) is 15.6. The minimum Gasteiger partial charge on any atom is -0.309 e. The molecule has 0 saturated heterocycles. The first-order chi connectivity index (χ1) is 8.85. The lowest BCUT2D eigenvalue weighted by Crippen LogP contribution is -2.34. The van der Waals surface area contributed by atoms with Crippen molar-refractivity contribution in [2.24, 2.45) is 0 Å². The van der Waals surface area contributed by atoms with Crippen LogP contribution in [-0.2, 0) is 10.0 Å². The summed E-state index contributed by atoms with van der Waals surface area (Å²) in [4.78, 5) is 2.19. The molecule has 5 nitrogen and oxygen atoms in total. The monoisotopic (exact) mass is 281 g/mol. The Hall–Kier alpha value is -1.42. The van der Waals surface area contributed by atoms with Gasteiger partial charge in [0.2, 0.25) is 10.0 Å². The molecule has 6 heteroatoms. The number of nitriles is 1. The first-order valence-electron chi connectivity index (χ1n) is 6.02. The van der Waals surface area contributed by atoms with Crippen LogP contribution in [0.3, 0.4) is 0 Å². The van der Waals surface area contributed by atoms with E-state index in [1.807, 2.05) is 32.0 Å². The molecule has 0 aliphatic rings. The van der Waals surface area contributed by atoms with Crippen molar-refractivity contribution in [3.63, 3.8) is 0 Å². The summed E-state index contributed by atoms with van der Waals surface area (Å²) in [7, 11) is 0.382. The molecule has 1 atom stereocenters. The molecule has 0 aliphatic carbocycles. The first-order valence-corrected chi connectivity index (χ1v) is 7.50. The fourth-order valence-electron chi connectivity index (χ4n) is 1.55. The number of rotatable bonds is 6. The van der Waals surface area contributed by atoms with Crippen molar-refractivity contribution in [1.82, 2.24) is 9.62 Å². The van der Waals surface area contributed by atoms with Gasteiger partial charge in [0.25, 0.3) is 0 Å². The van der Waals surface area contributed by atoms with Crippen LogP contribution in [0, 0.1) is 11.3 Å². The van der Waals surface area contributed by atoms with E-state index < -0.39 is 10.0 Å². The summed E-state index contributed by atoms with van der Waals surface area (Å²) in [6, 6.07) is 7.71. The van der Waals surface area contributed by atoms with E-state index in [2.05, 4.69) is 4.72 Å². The maximum Gasteiger partial charge on any atom is 0.240 e. The number of sulfonamides is 1. The molecule has 0 spiro atoms. The third kappa shape index (κ3) is 4.99. The van der Waals surface area contributed by atoms with E-state index in [0.29, 0.717) is 5.56 Å². The lowest BCUT2D eigenvalue weighted by Gasteiger charge is -2.16. The fourth-order valence-corrected chi connectivity index (χ4v) is 2.83. The average Bonchev–Trinajstić information content (AvgIpc) is 2.36. The van der Waals surface area contributed by atoms with E-state index in [1.165, 1.54) is 24.3 Å². The van der Waals surface area contributed by atoms with Crippen molar-refractivity contribution in [2.75, 3.05) is 20.6 Å². The molecule has 1 rings (SSSR count). The van der Waals surface area contributed by atoms with Gasteiger partial charge in [-0.2, -0.15) is 5.26 Å². The summed E-state index contributed by atoms with van der Waals surface area (Å²) < 4.78 is 26.8. The summed E-state index contributed by atoms with van der Waals surface area (Å²) >= 11 is 0. The quantitative estimate of drug-likeness (QED) is 0.849. The molecule has 0 fully saturated rings.